The first-order chi connectivity index (χ1) is 9.04. The SMILES string of the molecule is COC(=O)C1(Cc2ccc(OC)c(C)c2C)COC1. The van der Waals surface area contributed by atoms with Gasteiger partial charge in [-0.25, -0.2) is 0 Å². The van der Waals surface area contributed by atoms with E-state index in [-0.39, 0.29) is 5.97 Å². The van der Waals surface area contributed by atoms with Gasteiger partial charge >= 0.3 is 5.97 Å². The monoisotopic (exact) mass is 264 g/mol. The molecule has 1 saturated heterocycles. The predicted octanol–water partition coefficient (Wildman–Crippen LogP) is 2.04. The first-order valence-electron chi connectivity index (χ1n) is 6.33. The van der Waals surface area contributed by atoms with E-state index in [1.807, 2.05) is 19.1 Å². The summed E-state index contributed by atoms with van der Waals surface area (Å²) in [6, 6.07) is 3.96. The van der Waals surface area contributed by atoms with Crippen LogP contribution in [0, 0.1) is 19.3 Å². The number of methoxy groups -OCH3 is 2. The molecule has 19 heavy (non-hydrogen) atoms. The van der Waals surface area contributed by atoms with Crippen molar-refractivity contribution in [1.82, 2.24) is 0 Å². The highest BCUT2D eigenvalue weighted by Crippen LogP contribution is 2.35. The average molecular weight is 264 g/mol. The first kappa shape index (κ1) is 13.9. The fraction of sp³-hybridized carbons (Fsp3) is 0.533. The van der Waals surface area contributed by atoms with Crippen molar-refractivity contribution >= 4 is 5.97 Å². The molecule has 4 nitrogen and oxygen atoms in total. The van der Waals surface area contributed by atoms with Crippen molar-refractivity contribution in [3.8, 4) is 5.75 Å². The Labute approximate surface area is 113 Å². The Bertz CT molecular complexity index is 489. The second kappa shape index (κ2) is 5.21. The van der Waals surface area contributed by atoms with Crippen molar-refractivity contribution in [2.45, 2.75) is 20.3 Å². The second-order valence-corrected chi connectivity index (χ2v) is 5.12. The van der Waals surface area contributed by atoms with Crippen LogP contribution in [-0.2, 0) is 20.7 Å². The molecule has 4 heteroatoms. The Morgan fingerprint density at radius 2 is 1.95 bits per heavy atom. The maximum atomic E-state index is 11.9. The van der Waals surface area contributed by atoms with E-state index in [1.54, 1.807) is 7.11 Å². The number of benzene rings is 1. The van der Waals surface area contributed by atoms with Crippen LogP contribution < -0.4 is 4.74 Å². The van der Waals surface area contributed by atoms with Crippen molar-refractivity contribution in [3.05, 3.63) is 28.8 Å². The molecule has 0 aromatic heterocycles. The molecule has 0 N–H and O–H groups in total. The Hall–Kier alpha value is -1.55. The molecule has 0 spiro atoms. The lowest BCUT2D eigenvalue weighted by molar-refractivity contribution is -0.182. The summed E-state index contributed by atoms with van der Waals surface area (Å²) in [7, 11) is 3.09. The fourth-order valence-corrected chi connectivity index (χ4v) is 2.49. The van der Waals surface area contributed by atoms with Crippen molar-refractivity contribution in [3.63, 3.8) is 0 Å². The molecule has 0 unspecified atom stereocenters. The molecule has 1 aliphatic heterocycles. The van der Waals surface area contributed by atoms with Gasteiger partial charge in [0.2, 0.25) is 0 Å². The lowest BCUT2D eigenvalue weighted by Crippen LogP contribution is -2.51. The van der Waals surface area contributed by atoms with Crippen LogP contribution in [0.1, 0.15) is 16.7 Å². The zero-order valence-electron chi connectivity index (χ0n) is 11.9. The van der Waals surface area contributed by atoms with Crippen LogP contribution in [0.4, 0.5) is 0 Å². The maximum absolute atomic E-state index is 11.9. The average Bonchev–Trinajstić information content (AvgIpc) is 2.38. The molecule has 0 aliphatic carbocycles. The molecular formula is C15H20O4. The van der Waals surface area contributed by atoms with E-state index in [0.717, 1.165) is 22.4 Å². The third-order valence-electron chi connectivity index (χ3n) is 3.97. The van der Waals surface area contributed by atoms with Crippen LogP contribution in [0.5, 0.6) is 5.75 Å². The van der Waals surface area contributed by atoms with E-state index < -0.39 is 5.41 Å². The van der Waals surface area contributed by atoms with Gasteiger partial charge in [-0.3, -0.25) is 4.79 Å². The summed E-state index contributed by atoms with van der Waals surface area (Å²) >= 11 is 0. The molecular weight excluding hydrogens is 244 g/mol. The van der Waals surface area contributed by atoms with Gasteiger partial charge < -0.3 is 14.2 Å². The van der Waals surface area contributed by atoms with Gasteiger partial charge in [-0.1, -0.05) is 6.07 Å². The summed E-state index contributed by atoms with van der Waals surface area (Å²) in [6.07, 6.45) is 0.649. The van der Waals surface area contributed by atoms with Gasteiger partial charge in [0.25, 0.3) is 0 Å². The zero-order chi connectivity index (χ0) is 14.0. The number of hydrogen-bond donors (Lipinski definition) is 0. The van der Waals surface area contributed by atoms with Gasteiger partial charge in [0.15, 0.2) is 0 Å². The molecule has 1 aromatic carbocycles. The van der Waals surface area contributed by atoms with Gasteiger partial charge in [0.05, 0.1) is 27.4 Å². The molecule has 0 radical (unpaired) electrons. The first-order valence-corrected chi connectivity index (χ1v) is 6.33. The lowest BCUT2D eigenvalue weighted by Gasteiger charge is -2.39. The van der Waals surface area contributed by atoms with E-state index in [2.05, 4.69) is 6.92 Å². The van der Waals surface area contributed by atoms with Gasteiger partial charge in [-0.05, 0) is 43.0 Å². The molecule has 2 rings (SSSR count). The second-order valence-electron chi connectivity index (χ2n) is 5.12. The number of rotatable bonds is 4. The molecule has 1 fully saturated rings. The third kappa shape index (κ3) is 2.32. The smallest absolute Gasteiger partial charge is 0.316 e. The molecule has 1 aromatic rings. The largest absolute Gasteiger partial charge is 0.496 e. The third-order valence-corrected chi connectivity index (χ3v) is 3.97. The van der Waals surface area contributed by atoms with E-state index in [9.17, 15) is 4.79 Å². The number of hydrogen-bond acceptors (Lipinski definition) is 4. The lowest BCUT2D eigenvalue weighted by atomic mass is 9.78. The van der Waals surface area contributed by atoms with Crippen molar-refractivity contribution in [1.29, 1.82) is 0 Å². The van der Waals surface area contributed by atoms with Gasteiger partial charge in [0, 0.05) is 0 Å². The highest BCUT2D eigenvalue weighted by molar-refractivity contribution is 5.78. The standard InChI is InChI=1S/C15H20O4/c1-10-11(2)13(17-3)6-5-12(10)7-15(8-19-9-15)14(16)18-4/h5-6H,7-9H2,1-4H3. The summed E-state index contributed by atoms with van der Waals surface area (Å²) in [5, 5.41) is 0. The summed E-state index contributed by atoms with van der Waals surface area (Å²) in [5.74, 6) is 0.685. The topological polar surface area (TPSA) is 44.8 Å². The fourth-order valence-electron chi connectivity index (χ4n) is 2.49. The van der Waals surface area contributed by atoms with Crippen LogP contribution in [0.3, 0.4) is 0 Å². The number of esters is 1. The van der Waals surface area contributed by atoms with E-state index in [1.165, 1.54) is 7.11 Å². The Balaban J connectivity index is 2.28. The Kier molecular flexibility index (Phi) is 3.80. The minimum Gasteiger partial charge on any atom is -0.496 e. The summed E-state index contributed by atoms with van der Waals surface area (Å²) in [5.41, 5.74) is 2.90. The number of carbonyl (C=O) groups excluding carboxylic acids is 1. The number of ether oxygens (including phenoxy) is 3. The minimum absolute atomic E-state index is 0.188. The number of carbonyl (C=O) groups is 1. The molecule has 0 amide bonds. The van der Waals surface area contributed by atoms with Crippen LogP contribution in [0.15, 0.2) is 12.1 Å². The molecule has 1 heterocycles. The van der Waals surface area contributed by atoms with Crippen molar-refractivity contribution in [2.24, 2.45) is 5.41 Å². The quantitative estimate of drug-likeness (QED) is 0.781. The van der Waals surface area contributed by atoms with E-state index >= 15 is 0 Å². The van der Waals surface area contributed by atoms with Crippen LogP contribution >= 0.6 is 0 Å². The zero-order valence-corrected chi connectivity index (χ0v) is 11.9. The Morgan fingerprint density at radius 3 is 2.42 bits per heavy atom. The van der Waals surface area contributed by atoms with E-state index in [4.69, 9.17) is 14.2 Å². The maximum Gasteiger partial charge on any atom is 0.316 e. The minimum atomic E-state index is -0.513. The van der Waals surface area contributed by atoms with Crippen LogP contribution in [0.25, 0.3) is 0 Å². The predicted molar refractivity (Wildman–Crippen MR) is 71.4 cm³/mol. The summed E-state index contributed by atoms with van der Waals surface area (Å²) in [4.78, 5) is 11.9. The summed E-state index contributed by atoms with van der Waals surface area (Å²) in [6.45, 7) is 4.95. The highest BCUT2D eigenvalue weighted by Gasteiger charge is 2.47. The Morgan fingerprint density at radius 1 is 1.26 bits per heavy atom. The van der Waals surface area contributed by atoms with Crippen LogP contribution in [0.2, 0.25) is 0 Å². The van der Waals surface area contributed by atoms with E-state index in [0.29, 0.717) is 19.6 Å². The molecule has 104 valence electrons. The van der Waals surface area contributed by atoms with Gasteiger partial charge in [-0.15, -0.1) is 0 Å². The molecule has 0 atom stereocenters. The normalized spacial score (nSPS) is 16.6. The molecule has 1 aliphatic rings. The van der Waals surface area contributed by atoms with Crippen molar-refractivity contribution < 1.29 is 19.0 Å². The van der Waals surface area contributed by atoms with Gasteiger partial charge in [-0.2, -0.15) is 0 Å². The van der Waals surface area contributed by atoms with Gasteiger partial charge in [0.1, 0.15) is 11.2 Å². The molecule has 0 saturated carbocycles. The van der Waals surface area contributed by atoms with Crippen LogP contribution in [-0.4, -0.2) is 33.4 Å². The summed E-state index contributed by atoms with van der Waals surface area (Å²) < 4.78 is 15.4. The molecule has 0 bridgehead atoms. The highest BCUT2D eigenvalue weighted by atomic mass is 16.5. The van der Waals surface area contributed by atoms with Crippen molar-refractivity contribution in [2.75, 3.05) is 27.4 Å².